The standard InChI is InChI=1S/C10H12O2.2C9H14O2.C8H10O3.2C8H12O2.C7H12O2.C6H10O2/c1-3-10(11)8(2)7-9-5-4-6-12-9;1-3-7(2)9(10)8-5-4-6-11-8;1-2-3-5-8(10)9-6-4-7-11-9;1-2-8(9)11-6-7-4-3-5-10-7;1-6(2)8(9)7-4-3-5-10-7;1-4-8(10)5-6(2)7(3)9;1-2-4-7(9)5-3-6-8;1-3-5(7)6(8)4-2/h4-7H,3H2,1-2H3;4-7,9-10H,3H2,1-2H3;4,6-8,10H,2-3,5H2,1H3;3-5H,2,6H2,1H3;3-6,8-9H,1-2H3;5H,4H2,1-3H3;3,5,8H,2,4,6H2,1H3;3-4H2,1-2H3/b8-7+;;;;;6-5+;5-3+;. The molecule has 17 heteroatoms. The van der Waals surface area contributed by atoms with Crippen molar-refractivity contribution in [2.75, 3.05) is 6.61 Å². The largest absolute Gasteiger partial charge is 0.467 e. The Bertz CT molecular complexity index is 2440. The van der Waals surface area contributed by atoms with Gasteiger partial charge in [-0.2, -0.15) is 0 Å². The Kier molecular flexibility index (Phi) is 49.1. The first kappa shape index (κ1) is 79.2. The van der Waals surface area contributed by atoms with E-state index >= 15 is 0 Å². The molecule has 5 heterocycles. The Labute approximate surface area is 486 Å². The van der Waals surface area contributed by atoms with Crippen LogP contribution >= 0.6 is 0 Å². The highest BCUT2D eigenvalue weighted by molar-refractivity contribution is 6.36. The molecule has 0 bridgehead atoms. The fourth-order valence-corrected chi connectivity index (χ4v) is 5.72. The highest BCUT2D eigenvalue weighted by Crippen LogP contribution is 2.24. The van der Waals surface area contributed by atoms with Crippen LogP contribution in [0, 0.1) is 11.8 Å². The van der Waals surface area contributed by atoms with Gasteiger partial charge in [0.15, 0.2) is 34.7 Å². The molecule has 0 saturated carbocycles. The predicted molar refractivity (Wildman–Crippen MR) is 318 cm³/mol. The minimum absolute atomic E-state index is 0.00713. The fourth-order valence-electron chi connectivity index (χ4n) is 5.72. The molecule has 4 unspecified atom stereocenters. The van der Waals surface area contributed by atoms with Crippen molar-refractivity contribution in [3.8, 4) is 0 Å². The molecule has 4 atom stereocenters. The number of Topliss-reactive ketones (excluding diaryl/α,β-unsaturated/α-hetero) is 4. The number of hydrogen-bond donors (Lipinski definition) is 4. The van der Waals surface area contributed by atoms with Crippen molar-refractivity contribution in [1.29, 1.82) is 0 Å². The minimum atomic E-state index is -0.463. The van der Waals surface area contributed by atoms with E-state index in [-0.39, 0.29) is 65.7 Å². The van der Waals surface area contributed by atoms with Crippen LogP contribution in [-0.4, -0.2) is 67.7 Å². The van der Waals surface area contributed by atoms with Crippen LogP contribution in [0.5, 0.6) is 0 Å². The van der Waals surface area contributed by atoms with Gasteiger partial charge < -0.3 is 47.2 Å². The Balaban J connectivity index is -0.000000872. The summed E-state index contributed by atoms with van der Waals surface area (Å²) in [5.41, 5.74) is 1.28. The maximum Gasteiger partial charge on any atom is 0.305 e. The summed E-state index contributed by atoms with van der Waals surface area (Å²) in [4.78, 5) is 74.4. The zero-order chi connectivity index (χ0) is 62.8. The van der Waals surface area contributed by atoms with Gasteiger partial charge in [0.2, 0.25) is 0 Å². The SMILES string of the molecule is CC(C)C(O)c1ccco1.CCC(=O)/C(C)=C/c1ccco1.CCC(=O)/C=C(\C)C(C)=O.CCC(=O)C(=O)CC.CCC(=O)OCc1ccco1.CCC(C)C(O)c1ccco1.CCCC(=O)/C=C/CO.CCCCC(O)c1ccco1. The molecule has 0 aliphatic rings. The molecule has 4 N–H and O–H groups in total. The number of carbonyl (C=O) groups excluding carboxylic acids is 7. The lowest BCUT2D eigenvalue weighted by Crippen LogP contribution is -2.09. The molecule has 0 aliphatic carbocycles. The molecule has 0 aliphatic heterocycles. The smallest absolute Gasteiger partial charge is 0.305 e. The van der Waals surface area contributed by atoms with Gasteiger partial charge in [0.05, 0.1) is 37.9 Å². The fraction of sp³-hybridized carbons (Fsp3) is 0.492. The summed E-state index contributed by atoms with van der Waals surface area (Å²) in [6.45, 7) is 25.9. The number of ketones is 6. The molecule has 82 heavy (non-hydrogen) atoms. The lowest BCUT2D eigenvalue weighted by molar-refractivity contribution is -0.145. The van der Waals surface area contributed by atoms with Crippen LogP contribution in [0.25, 0.3) is 6.08 Å². The number of aliphatic hydroxyl groups is 4. The molecular weight excluding hydrogens is 1050 g/mol. The highest BCUT2D eigenvalue weighted by atomic mass is 16.5. The average molecular weight is 1150 g/mol. The lowest BCUT2D eigenvalue weighted by Gasteiger charge is -2.13. The van der Waals surface area contributed by atoms with Crippen LogP contribution in [0.3, 0.4) is 0 Å². The number of aliphatic hydroxyl groups excluding tert-OH is 4. The third-order valence-corrected chi connectivity index (χ3v) is 11.2. The summed E-state index contributed by atoms with van der Waals surface area (Å²) in [6.07, 6.45) is 20.0. The number of hydrogen-bond acceptors (Lipinski definition) is 17. The third kappa shape index (κ3) is 41.0. The van der Waals surface area contributed by atoms with E-state index in [4.69, 9.17) is 31.9 Å². The van der Waals surface area contributed by atoms with Gasteiger partial charge in [-0.3, -0.25) is 33.6 Å². The predicted octanol–water partition coefficient (Wildman–Crippen LogP) is 14.6. The second-order valence-corrected chi connectivity index (χ2v) is 18.5. The van der Waals surface area contributed by atoms with E-state index in [1.807, 2.05) is 40.7 Å². The topological polar surface area (TPSA) is 275 Å². The average Bonchev–Trinajstić information content (AvgIpc) is 4.36. The normalized spacial score (nSPS) is 12.0. The number of ether oxygens (including phenoxy) is 1. The van der Waals surface area contributed by atoms with Crippen molar-refractivity contribution in [3.63, 3.8) is 0 Å². The molecular formula is C65H96O17. The van der Waals surface area contributed by atoms with Crippen LogP contribution in [-0.2, 0) is 44.9 Å². The monoisotopic (exact) mass is 1150 g/mol. The van der Waals surface area contributed by atoms with E-state index in [1.165, 1.54) is 25.2 Å². The summed E-state index contributed by atoms with van der Waals surface area (Å²) in [5, 5.41) is 36.7. The molecule has 5 aromatic heterocycles. The summed E-state index contributed by atoms with van der Waals surface area (Å²) in [5.74, 6) is 3.37. The number of furan rings is 5. The number of rotatable bonds is 25. The van der Waals surface area contributed by atoms with E-state index in [1.54, 1.807) is 134 Å². The molecule has 0 radical (unpaired) electrons. The van der Waals surface area contributed by atoms with Gasteiger partial charge in [-0.25, -0.2) is 0 Å². The summed E-state index contributed by atoms with van der Waals surface area (Å²) in [6, 6.07) is 17.9. The van der Waals surface area contributed by atoms with Crippen LogP contribution in [0.15, 0.2) is 143 Å². The van der Waals surface area contributed by atoms with E-state index in [2.05, 4.69) is 13.8 Å². The molecule has 0 amide bonds. The first-order valence-corrected chi connectivity index (χ1v) is 28.1. The van der Waals surface area contributed by atoms with Gasteiger partial charge in [-0.1, -0.05) is 101 Å². The van der Waals surface area contributed by atoms with Crippen LogP contribution in [0.4, 0.5) is 0 Å². The number of carbonyl (C=O) groups is 7. The minimum Gasteiger partial charge on any atom is -0.467 e. The van der Waals surface area contributed by atoms with Gasteiger partial charge in [0.25, 0.3) is 0 Å². The Morgan fingerprint density at radius 1 is 0.561 bits per heavy atom. The Hall–Kier alpha value is -7.05. The number of esters is 1. The molecule has 5 aromatic rings. The molecule has 0 aromatic carbocycles. The summed E-state index contributed by atoms with van der Waals surface area (Å²) < 4.78 is 29.9. The van der Waals surface area contributed by atoms with E-state index < -0.39 is 18.3 Å². The first-order chi connectivity index (χ1) is 39.0. The second-order valence-electron chi connectivity index (χ2n) is 18.5. The zero-order valence-electron chi connectivity index (χ0n) is 51.1. The molecule has 0 spiro atoms. The molecule has 0 fully saturated rings. The van der Waals surface area contributed by atoms with E-state index in [9.17, 15) is 48.9 Å². The quantitative estimate of drug-likeness (QED) is 0.0240. The van der Waals surface area contributed by atoms with Crippen LogP contribution < -0.4 is 0 Å². The van der Waals surface area contributed by atoms with Gasteiger partial charge in [0.1, 0.15) is 53.7 Å². The Morgan fingerprint density at radius 2 is 1.06 bits per heavy atom. The van der Waals surface area contributed by atoms with Crippen molar-refractivity contribution in [2.24, 2.45) is 11.8 Å². The maximum absolute atomic E-state index is 11.1. The zero-order valence-corrected chi connectivity index (χ0v) is 51.1. The number of unbranched alkanes of at least 4 members (excludes halogenated alkanes) is 1. The van der Waals surface area contributed by atoms with Gasteiger partial charge in [-0.05, 0) is 135 Å². The van der Waals surface area contributed by atoms with Crippen LogP contribution in [0.2, 0.25) is 0 Å². The third-order valence-electron chi connectivity index (χ3n) is 11.2. The molecule has 458 valence electrons. The molecule has 5 rings (SSSR count). The first-order valence-electron chi connectivity index (χ1n) is 28.1. The maximum atomic E-state index is 11.1. The van der Waals surface area contributed by atoms with E-state index in [0.29, 0.717) is 67.1 Å². The number of allylic oxidation sites excluding steroid dienone is 4. The van der Waals surface area contributed by atoms with Gasteiger partial charge in [0, 0.05) is 38.5 Å². The van der Waals surface area contributed by atoms with Crippen LogP contribution in [0.1, 0.15) is 215 Å². The lowest BCUT2D eigenvalue weighted by atomic mass is 10.0. The van der Waals surface area contributed by atoms with Crippen molar-refractivity contribution >= 4 is 46.7 Å². The summed E-state index contributed by atoms with van der Waals surface area (Å²) >= 11 is 0. The molecule has 17 nitrogen and oxygen atoms in total. The van der Waals surface area contributed by atoms with Crippen molar-refractivity contribution in [3.05, 3.63) is 150 Å². The van der Waals surface area contributed by atoms with Crippen molar-refractivity contribution in [2.45, 2.75) is 192 Å². The van der Waals surface area contributed by atoms with Crippen molar-refractivity contribution < 1.29 is 80.8 Å². The highest BCUT2D eigenvalue weighted by Gasteiger charge is 2.17. The summed E-state index contributed by atoms with van der Waals surface area (Å²) in [7, 11) is 0. The molecule has 0 saturated heterocycles. The van der Waals surface area contributed by atoms with Gasteiger partial charge >= 0.3 is 5.97 Å². The second kappa shape index (κ2) is 50.9. The van der Waals surface area contributed by atoms with E-state index in [0.717, 1.165) is 43.4 Å². The Morgan fingerprint density at radius 3 is 1.45 bits per heavy atom. The van der Waals surface area contributed by atoms with Crippen molar-refractivity contribution in [1.82, 2.24) is 0 Å². The van der Waals surface area contributed by atoms with Gasteiger partial charge in [-0.15, -0.1) is 0 Å².